The quantitative estimate of drug-likeness (QED) is 0.754. The Morgan fingerprint density at radius 1 is 1.06 bits per heavy atom. The minimum Gasteiger partial charge on any atom is -0.313 e. The molecule has 1 nitrogen and oxygen atoms in total. The van der Waals surface area contributed by atoms with Crippen molar-refractivity contribution in [1.29, 1.82) is 0 Å². The van der Waals surface area contributed by atoms with Crippen molar-refractivity contribution in [1.82, 2.24) is 5.32 Å². The highest BCUT2D eigenvalue weighted by Crippen LogP contribution is 2.24. The van der Waals surface area contributed by atoms with E-state index in [0.717, 1.165) is 22.5 Å². The van der Waals surface area contributed by atoms with E-state index in [2.05, 4.69) is 44.8 Å². The molecule has 1 rings (SSSR count). The molecule has 2 heteroatoms. The highest BCUT2D eigenvalue weighted by molar-refractivity contribution is 8.00. The van der Waals surface area contributed by atoms with Gasteiger partial charge in [0.05, 0.1) is 0 Å². The summed E-state index contributed by atoms with van der Waals surface area (Å²) in [5.74, 6) is 0.794. The average molecular weight is 243 g/mol. The maximum Gasteiger partial charge on any atom is 0.0147 e. The zero-order valence-corrected chi connectivity index (χ0v) is 12.3. The lowest BCUT2D eigenvalue weighted by Crippen LogP contribution is -2.35. The summed E-state index contributed by atoms with van der Waals surface area (Å²) in [6.45, 7) is 10.5. The normalized spacial score (nSPS) is 22.3. The van der Waals surface area contributed by atoms with Gasteiger partial charge in [-0.05, 0) is 18.8 Å². The van der Waals surface area contributed by atoms with E-state index in [4.69, 9.17) is 0 Å². The fourth-order valence-electron chi connectivity index (χ4n) is 2.21. The van der Waals surface area contributed by atoms with Crippen LogP contribution in [0.1, 0.15) is 59.8 Å². The second-order valence-electron chi connectivity index (χ2n) is 5.64. The maximum atomic E-state index is 3.74. The second-order valence-corrected chi connectivity index (χ2v) is 7.46. The molecule has 0 radical (unpaired) electrons. The molecular formula is C14H29NS. The number of hydrogen-bond acceptors (Lipinski definition) is 2. The second kappa shape index (κ2) is 7.60. The first-order valence-corrected chi connectivity index (χ1v) is 7.92. The number of hydrogen-bond donors (Lipinski definition) is 1. The van der Waals surface area contributed by atoms with Crippen molar-refractivity contribution >= 4 is 11.8 Å². The zero-order valence-electron chi connectivity index (χ0n) is 11.5. The van der Waals surface area contributed by atoms with Crippen LogP contribution in [0.2, 0.25) is 0 Å². The highest BCUT2D eigenvalue weighted by Gasteiger charge is 2.16. The number of nitrogens with one attached hydrogen (secondary N) is 1. The largest absolute Gasteiger partial charge is 0.313 e. The van der Waals surface area contributed by atoms with Gasteiger partial charge >= 0.3 is 0 Å². The summed E-state index contributed by atoms with van der Waals surface area (Å²) < 4.78 is 0. The Morgan fingerprint density at radius 3 is 2.25 bits per heavy atom. The SMILES string of the molecule is CC(CNC1CCCCC1)SC(C)C(C)C. The van der Waals surface area contributed by atoms with Gasteiger partial charge in [-0.1, -0.05) is 47.0 Å². The first-order chi connectivity index (χ1) is 7.59. The summed E-state index contributed by atoms with van der Waals surface area (Å²) in [6, 6.07) is 0.811. The van der Waals surface area contributed by atoms with Gasteiger partial charge in [0, 0.05) is 23.1 Å². The van der Waals surface area contributed by atoms with E-state index in [0.29, 0.717) is 0 Å². The van der Waals surface area contributed by atoms with Gasteiger partial charge in [0.25, 0.3) is 0 Å². The molecular weight excluding hydrogens is 214 g/mol. The smallest absolute Gasteiger partial charge is 0.0147 e. The lowest BCUT2D eigenvalue weighted by Gasteiger charge is -2.26. The number of thioether (sulfide) groups is 1. The van der Waals surface area contributed by atoms with E-state index >= 15 is 0 Å². The van der Waals surface area contributed by atoms with Crippen LogP contribution in [0.4, 0.5) is 0 Å². The summed E-state index contributed by atoms with van der Waals surface area (Å²) in [7, 11) is 0. The fourth-order valence-corrected chi connectivity index (χ4v) is 3.45. The Hall–Kier alpha value is 0.310. The molecule has 1 saturated carbocycles. The molecule has 0 bridgehead atoms. The van der Waals surface area contributed by atoms with E-state index in [-0.39, 0.29) is 0 Å². The zero-order chi connectivity index (χ0) is 12.0. The van der Waals surface area contributed by atoms with Crippen LogP contribution in [0.5, 0.6) is 0 Å². The summed E-state index contributed by atoms with van der Waals surface area (Å²) in [6.07, 6.45) is 7.12. The Morgan fingerprint density at radius 2 is 1.69 bits per heavy atom. The third-order valence-corrected chi connectivity index (χ3v) is 5.29. The van der Waals surface area contributed by atoms with Crippen LogP contribution in [-0.2, 0) is 0 Å². The molecule has 2 atom stereocenters. The molecule has 0 amide bonds. The lowest BCUT2D eigenvalue weighted by molar-refractivity contribution is 0.375. The molecule has 0 spiro atoms. The van der Waals surface area contributed by atoms with Gasteiger partial charge in [-0.3, -0.25) is 0 Å². The maximum absolute atomic E-state index is 3.74. The standard InChI is InChI=1S/C14H29NS/c1-11(2)13(4)16-12(3)10-15-14-8-6-5-7-9-14/h11-15H,5-10H2,1-4H3. The van der Waals surface area contributed by atoms with Crippen LogP contribution < -0.4 is 5.32 Å². The monoisotopic (exact) mass is 243 g/mol. The van der Waals surface area contributed by atoms with Crippen molar-refractivity contribution < 1.29 is 0 Å². The van der Waals surface area contributed by atoms with Crippen LogP contribution >= 0.6 is 11.8 Å². The minimum atomic E-state index is 0.749. The topological polar surface area (TPSA) is 12.0 Å². The Balaban J connectivity index is 2.11. The van der Waals surface area contributed by atoms with Gasteiger partial charge in [0.15, 0.2) is 0 Å². The molecule has 0 aromatic heterocycles. The third-order valence-electron chi connectivity index (χ3n) is 3.68. The van der Waals surface area contributed by atoms with Crippen LogP contribution in [-0.4, -0.2) is 23.1 Å². The van der Waals surface area contributed by atoms with Crippen molar-refractivity contribution in [3.8, 4) is 0 Å². The molecule has 1 aliphatic rings. The van der Waals surface area contributed by atoms with Crippen molar-refractivity contribution in [2.45, 2.75) is 76.3 Å². The molecule has 2 unspecified atom stereocenters. The van der Waals surface area contributed by atoms with Crippen molar-refractivity contribution in [3.63, 3.8) is 0 Å². The van der Waals surface area contributed by atoms with Crippen molar-refractivity contribution in [2.75, 3.05) is 6.54 Å². The molecule has 1 fully saturated rings. The molecule has 96 valence electrons. The summed E-state index contributed by atoms with van der Waals surface area (Å²) in [4.78, 5) is 0. The molecule has 0 aromatic rings. The van der Waals surface area contributed by atoms with Gasteiger partial charge in [0.1, 0.15) is 0 Å². The molecule has 0 aliphatic heterocycles. The molecule has 0 heterocycles. The summed E-state index contributed by atoms with van der Waals surface area (Å²) >= 11 is 2.13. The van der Waals surface area contributed by atoms with Gasteiger partial charge < -0.3 is 5.32 Å². The molecule has 16 heavy (non-hydrogen) atoms. The van der Waals surface area contributed by atoms with Crippen LogP contribution in [0.3, 0.4) is 0 Å². The first-order valence-electron chi connectivity index (χ1n) is 6.98. The van der Waals surface area contributed by atoms with E-state index < -0.39 is 0 Å². The van der Waals surface area contributed by atoms with E-state index in [9.17, 15) is 0 Å². The van der Waals surface area contributed by atoms with Crippen LogP contribution in [0, 0.1) is 5.92 Å². The minimum absolute atomic E-state index is 0.749. The Labute approximate surface area is 106 Å². The summed E-state index contributed by atoms with van der Waals surface area (Å²) in [5.41, 5.74) is 0. The molecule has 1 N–H and O–H groups in total. The van der Waals surface area contributed by atoms with E-state index in [1.807, 2.05) is 0 Å². The summed E-state index contributed by atoms with van der Waals surface area (Å²) in [5, 5.41) is 5.27. The Kier molecular flexibility index (Phi) is 6.83. The van der Waals surface area contributed by atoms with Crippen LogP contribution in [0.25, 0.3) is 0 Å². The molecule has 1 aliphatic carbocycles. The van der Waals surface area contributed by atoms with Crippen LogP contribution in [0.15, 0.2) is 0 Å². The lowest BCUT2D eigenvalue weighted by atomic mass is 9.95. The molecule has 0 aromatic carbocycles. The molecule has 0 saturated heterocycles. The fraction of sp³-hybridized carbons (Fsp3) is 1.00. The predicted octanol–water partition coefficient (Wildman–Crippen LogP) is 4.07. The van der Waals surface area contributed by atoms with Gasteiger partial charge in [-0.2, -0.15) is 11.8 Å². The predicted molar refractivity (Wildman–Crippen MR) is 76.2 cm³/mol. The van der Waals surface area contributed by atoms with E-state index in [1.165, 1.54) is 38.6 Å². The highest BCUT2D eigenvalue weighted by atomic mass is 32.2. The van der Waals surface area contributed by atoms with Gasteiger partial charge in [-0.15, -0.1) is 0 Å². The van der Waals surface area contributed by atoms with Crippen molar-refractivity contribution in [3.05, 3.63) is 0 Å². The van der Waals surface area contributed by atoms with Gasteiger partial charge in [0.2, 0.25) is 0 Å². The Bertz CT molecular complexity index is 176. The average Bonchev–Trinajstić information content (AvgIpc) is 2.27. The third kappa shape index (κ3) is 5.58. The van der Waals surface area contributed by atoms with E-state index in [1.54, 1.807) is 0 Å². The first kappa shape index (κ1) is 14.4. The van der Waals surface area contributed by atoms with Crippen molar-refractivity contribution in [2.24, 2.45) is 5.92 Å². The van der Waals surface area contributed by atoms with Gasteiger partial charge in [-0.25, -0.2) is 0 Å². The number of rotatable bonds is 6.